The van der Waals surface area contributed by atoms with Crippen LogP contribution in [0, 0.1) is 5.82 Å². The first-order chi connectivity index (χ1) is 15.0. The van der Waals surface area contributed by atoms with E-state index in [9.17, 15) is 14.0 Å². The lowest BCUT2D eigenvalue weighted by Gasteiger charge is -2.14. The molecule has 156 valence electrons. The van der Waals surface area contributed by atoms with E-state index in [4.69, 9.17) is 4.99 Å². The highest BCUT2D eigenvalue weighted by molar-refractivity contribution is 8.15. The van der Waals surface area contributed by atoms with Gasteiger partial charge in [0.15, 0.2) is 5.17 Å². The van der Waals surface area contributed by atoms with Gasteiger partial charge in [-0.25, -0.2) is 9.38 Å². The van der Waals surface area contributed by atoms with Crippen molar-refractivity contribution in [1.29, 1.82) is 0 Å². The molecule has 0 bridgehead atoms. The predicted molar refractivity (Wildman–Crippen MR) is 124 cm³/mol. The molecule has 2 amide bonds. The Labute approximate surface area is 183 Å². The van der Waals surface area contributed by atoms with E-state index in [0.717, 1.165) is 16.5 Å². The van der Waals surface area contributed by atoms with Crippen molar-refractivity contribution in [1.82, 2.24) is 4.90 Å². The van der Waals surface area contributed by atoms with E-state index >= 15 is 0 Å². The number of nitrogens with zero attached hydrogens (tertiary/aromatic N) is 2. The molecule has 1 aliphatic rings. The fourth-order valence-corrected chi connectivity index (χ4v) is 4.50. The van der Waals surface area contributed by atoms with Gasteiger partial charge in [-0.05, 0) is 35.7 Å². The highest BCUT2D eigenvalue weighted by Crippen LogP contribution is 2.34. The first-order valence-corrected chi connectivity index (χ1v) is 10.6. The van der Waals surface area contributed by atoms with Crippen molar-refractivity contribution in [2.75, 3.05) is 11.9 Å². The predicted octanol–water partition coefficient (Wildman–Crippen LogP) is 5.13. The van der Waals surface area contributed by atoms with Crippen molar-refractivity contribution in [3.05, 3.63) is 85.2 Å². The Kier molecular flexibility index (Phi) is 6.13. The van der Waals surface area contributed by atoms with E-state index < -0.39 is 5.25 Å². The Morgan fingerprint density at radius 1 is 1.13 bits per heavy atom. The van der Waals surface area contributed by atoms with Crippen LogP contribution in [0.5, 0.6) is 0 Å². The zero-order valence-electron chi connectivity index (χ0n) is 16.6. The average molecular weight is 434 g/mol. The maximum Gasteiger partial charge on any atom is 0.242 e. The SMILES string of the molecule is C=CCN1C(=O)C(CC(=O)Nc2ccc(F)cc2)SC1=Nc1cccc2ccccc12. The van der Waals surface area contributed by atoms with Crippen molar-refractivity contribution in [3.63, 3.8) is 0 Å². The van der Waals surface area contributed by atoms with E-state index in [2.05, 4.69) is 11.9 Å². The highest BCUT2D eigenvalue weighted by atomic mass is 32.2. The van der Waals surface area contributed by atoms with Crippen molar-refractivity contribution in [3.8, 4) is 0 Å². The summed E-state index contributed by atoms with van der Waals surface area (Å²) in [7, 11) is 0. The van der Waals surface area contributed by atoms with Gasteiger partial charge in [0, 0.05) is 24.0 Å². The van der Waals surface area contributed by atoms with E-state index in [1.54, 1.807) is 11.0 Å². The molecular weight excluding hydrogens is 413 g/mol. The third-order valence-electron chi connectivity index (χ3n) is 4.81. The normalized spacial score (nSPS) is 17.3. The highest BCUT2D eigenvalue weighted by Gasteiger charge is 2.38. The summed E-state index contributed by atoms with van der Waals surface area (Å²) < 4.78 is 13.1. The molecule has 1 fully saturated rings. The number of benzene rings is 3. The molecule has 0 spiro atoms. The molecule has 0 aromatic heterocycles. The van der Waals surface area contributed by atoms with Gasteiger partial charge in [-0.15, -0.1) is 6.58 Å². The van der Waals surface area contributed by atoms with Crippen molar-refractivity contribution in [2.24, 2.45) is 4.99 Å². The van der Waals surface area contributed by atoms with Crippen LogP contribution >= 0.6 is 11.8 Å². The number of carbonyl (C=O) groups excluding carboxylic acids is 2. The summed E-state index contributed by atoms with van der Waals surface area (Å²) in [4.78, 5) is 31.7. The lowest BCUT2D eigenvalue weighted by Crippen LogP contribution is -2.33. The van der Waals surface area contributed by atoms with Gasteiger partial charge in [0.05, 0.1) is 5.69 Å². The summed E-state index contributed by atoms with van der Waals surface area (Å²) in [5.74, 6) is -0.880. The van der Waals surface area contributed by atoms with E-state index in [-0.39, 0.29) is 24.1 Å². The summed E-state index contributed by atoms with van der Waals surface area (Å²) in [5.41, 5.74) is 1.24. The largest absolute Gasteiger partial charge is 0.326 e. The van der Waals surface area contributed by atoms with Crippen LogP contribution in [0.3, 0.4) is 0 Å². The summed E-state index contributed by atoms with van der Waals surface area (Å²) in [6.45, 7) is 4.04. The van der Waals surface area contributed by atoms with Crippen LogP contribution in [-0.2, 0) is 9.59 Å². The molecule has 5 nitrogen and oxygen atoms in total. The summed E-state index contributed by atoms with van der Waals surface area (Å²) in [5, 5.41) is 4.70. The maximum atomic E-state index is 13.1. The van der Waals surface area contributed by atoms with Crippen LogP contribution in [0.1, 0.15) is 6.42 Å². The third kappa shape index (κ3) is 4.67. The number of amides is 2. The van der Waals surface area contributed by atoms with Crippen LogP contribution in [0.15, 0.2) is 84.4 Å². The summed E-state index contributed by atoms with van der Waals surface area (Å²) in [6, 6.07) is 19.2. The topological polar surface area (TPSA) is 61.8 Å². The van der Waals surface area contributed by atoms with Gasteiger partial charge in [0.2, 0.25) is 11.8 Å². The first-order valence-electron chi connectivity index (χ1n) is 9.76. The lowest BCUT2D eigenvalue weighted by molar-refractivity contribution is -0.127. The monoisotopic (exact) mass is 433 g/mol. The molecule has 3 aromatic rings. The number of aliphatic imine (C=N–C) groups is 1. The molecular formula is C24H20FN3O2S. The molecule has 31 heavy (non-hydrogen) atoms. The quantitative estimate of drug-likeness (QED) is 0.549. The molecule has 0 radical (unpaired) electrons. The third-order valence-corrected chi connectivity index (χ3v) is 5.99. The van der Waals surface area contributed by atoms with Crippen molar-refractivity contribution < 1.29 is 14.0 Å². The number of carbonyl (C=O) groups is 2. The molecule has 1 unspecified atom stereocenters. The Bertz CT molecular complexity index is 1170. The standard InChI is InChI=1S/C24H20FN3O2S/c1-2-14-28-23(30)21(15-22(29)26-18-12-10-17(25)11-13-18)31-24(28)27-20-9-5-7-16-6-3-4-8-19(16)20/h2-13,21H,1,14-15H2,(H,26,29). The molecule has 1 atom stereocenters. The van der Waals surface area contributed by atoms with Gasteiger partial charge in [0.1, 0.15) is 11.1 Å². The number of thioether (sulfide) groups is 1. The van der Waals surface area contributed by atoms with Crippen LogP contribution in [0.4, 0.5) is 15.8 Å². The number of anilines is 1. The smallest absolute Gasteiger partial charge is 0.242 e. The fourth-order valence-electron chi connectivity index (χ4n) is 3.34. The number of nitrogens with one attached hydrogen (secondary N) is 1. The van der Waals surface area contributed by atoms with E-state index in [1.807, 2.05) is 42.5 Å². The first kappa shape index (κ1) is 20.8. The van der Waals surface area contributed by atoms with Crippen LogP contribution in [-0.4, -0.2) is 33.7 Å². The van der Waals surface area contributed by atoms with Gasteiger partial charge in [0.25, 0.3) is 0 Å². The Balaban J connectivity index is 1.55. The van der Waals surface area contributed by atoms with Gasteiger partial charge >= 0.3 is 0 Å². The molecule has 4 rings (SSSR count). The number of amidine groups is 1. The van der Waals surface area contributed by atoms with Gasteiger partial charge in [-0.3, -0.25) is 14.5 Å². The molecule has 1 saturated heterocycles. The second-order valence-electron chi connectivity index (χ2n) is 7.00. The van der Waals surface area contributed by atoms with Crippen LogP contribution in [0.2, 0.25) is 0 Å². The molecule has 0 aliphatic carbocycles. The molecule has 0 saturated carbocycles. The molecule has 3 aromatic carbocycles. The molecule has 7 heteroatoms. The Hall–Kier alpha value is -3.45. The minimum absolute atomic E-state index is 0.0108. The average Bonchev–Trinajstić information content (AvgIpc) is 3.05. The zero-order chi connectivity index (χ0) is 21.8. The molecule has 1 N–H and O–H groups in total. The van der Waals surface area contributed by atoms with Crippen LogP contribution < -0.4 is 5.32 Å². The van der Waals surface area contributed by atoms with Gasteiger partial charge in [-0.1, -0.05) is 54.2 Å². The van der Waals surface area contributed by atoms with E-state index in [1.165, 1.54) is 36.0 Å². The van der Waals surface area contributed by atoms with Gasteiger partial charge < -0.3 is 5.32 Å². The second kappa shape index (κ2) is 9.14. The number of hydrogen-bond acceptors (Lipinski definition) is 4. The fraction of sp³-hybridized carbons (Fsp3) is 0.125. The number of halogens is 1. The van der Waals surface area contributed by atoms with Crippen molar-refractivity contribution in [2.45, 2.75) is 11.7 Å². The minimum Gasteiger partial charge on any atom is -0.326 e. The summed E-state index contributed by atoms with van der Waals surface area (Å²) in [6.07, 6.45) is 1.63. The maximum absolute atomic E-state index is 13.1. The Morgan fingerprint density at radius 3 is 2.65 bits per heavy atom. The summed E-state index contributed by atoms with van der Waals surface area (Å²) >= 11 is 1.27. The number of rotatable bonds is 6. The molecule has 1 aliphatic heterocycles. The Morgan fingerprint density at radius 2 is 1.87 bits per heavy atom. The minimum atomic E-state index is -0.589. The second-order valence-corrected chi connectivity index (χ2v) is 8.17. The van der Waals surface area contributed by atoms with Gasteiger partial charge in [-0.2, -0.15) is 0 Å². The molecule has 1 heterocycles. The zero-order valence-corrected chi connectivity index (χ0v) is 17.4. The number of fused-ring (bicyclic) bond motifs is 1. The number of hydrogen-bond donors (Lipinski definition) is 1. The lowest BCUT2D eigenvalue weighted by atomic mass is 10.1. The van der Waals surface area contributed by atoms with Crippen LogP contribution in [0.25, 0.3) is 10.8 Å². The van der Waals surface area contributed by atoms with Crippen molar-refractivity contribution >= 4 is 50.9 Å². The van der Waals surface area contributed by atoms with E-state index in [0.29, 0.717) is 17.4 Å².